The molecule has 3 aromatic rings. The number of hydrogen-bond donors (Lipinski definition) is 1. The molecule has 0 saturated carbocycles. The number of anilines is 1. The first-order valence-corrected chi connectivity index (χ1v) is 11.2. The maximum atomic E-state index is 14.0. The SMILES string of the molecule is CC(C)Oc1cccc(/C(O)=C2/C(=O)C(=O)N(c3cccc(F)c3)C2c2ccc(Cl)c(Cl)c2)c1. The topological polar surface area (TPSA) is 66.8 Å². The molecule has 34 heavy (non-hydrogen) atoms. The molecule has 1 saturated heterocycles. The van der Waals surface area contributed by atoms with E-state index in [1.165, 1.54) is 30.3 Å². The standard InChI is InChI=1S/C26H20Cl2FNO4/c1-14(2)34-19-8-3-5-16(11-19)24(31)22-23(15-9-10-20(27)21(28)12-15)30(26(33)25(22)32)18-7-4-6-17(29)13-18/h3-14,23,31H,1-2H3/b24-22-. The molecule has 1 N–H and O–H groups in total. The van der Waals surface area contributed by atoms with E-state index in [0.29, 0.717) is 16.9 Å². The number of carbonyl (C=O) groups excluding carboxylic acids is 2. The number of aliphatic hydroxyl groups is 1. The Morgan fingerprint density at radius 1 is 1.00 bits per heavy atom. The number of benzene rings is 3. The van der Waals surface area contributed by atoms with Crippen LogP contribution in [0.15, 0.2) is 72.3 Å². The van der Waals surface area contributed by atoms with E-state index in [9.17, 15) is 19.1 Å². The zero-order valence-electron chi connectivity index (χ0n) is 18.3. The van der Waals surface area contributed by atoms with Crippen LogP contribution in [0.3, 0.4) is 0 Å². The van der Waals surface area contributed by atoms with Crippen molar-refractivity contribution in [3.63, 3.8) is 0 Å². The number of aliphatic hydroxyl groups excluding tert-OH is 1. The number of Topliss-reactive ketones (excluding diaryl/α,β-unsaturated/α-hetero) is 1. The summed E-state index contributed by atoms with van der Waals surface area (Å²) >= 11 is 12.3. The minimum atomic E-state index is -1.06. The van der Waals surface area contributed by atoms with Gasteiger partial charge in [-0.3, -0.25) is 14.5 Å². The third-order valence-corrected chi connectivity index (χ3v) is 6.01. The second-order valence-corrected chi connectivity index (χ2v) is 8.83. The number of nitrogens with zero attached hydrogens (tertiary/aromatic N) is 1. The predicted octanol–water partition coefficient (Wildman–Crippen LogP) is 6.55. The molecule has 0 aromatic heterocycles. The molecule has 0 spiro atoms. The molecule has 4 rings (SSSR count). The summed E-state index contributed by atoms with van der Waals surface area (Å²) in [6, 6.07) is 15.5. The minimum Gasteiger partial charge on any atom is -0.507 e. The fourth-order valence-electron chi connectivity index (χ4n) is 3.87. The van der Waals surface area contributed by atoms with Crippen molar-refractivity contribution >= 4 is 46.3 Å². The van der Waals surface area contributed by atoms with Crippen molar-refractivity contribution in [3.05, 3.63) is 99.3 Å². The average molecular weight is 500 g/mol. The number of rotatable bonds is 5. The molecular weight excluding hydrogens is 480 g/mol. The zero-order chi connectivity index (χ0) is 24.6. The van der Waals surface area contributed by atoms with Crippen LogP contribution in [-0.4, -0.2) is 22.9 Å². The molecule has 5 nitrogen and oxygen atoms in total. The normalized spacial score (nSPS) is 17.5. The van der Waals surface area contributed by atoms with Gasteiger partial charge in [-0.05, 0) is 61.9 Å². The van der Waals surface area contributed by atoms with E-state index in [2.05, 4.69) is 0 Å². The van der Waals surface area contributed by atoms with Crippen LogP contribution in [0.1, 0.15) is 31.0 Å². The van der Waals surface area contributed by atoms with Gasteiger partial charge in [-0.1, -0.05) is 47.5 Å². The van der Waals surface area contributed by atoms with Crippen molar-refractivity contribution in [3.8, 4) is 5.75 Å². The number of ketones is 1. The van der Waals surface area contributed by atoms with Gasteiger partial charge in [-0.25, -0.2) is 4.39 Å². The van der Waals surface area contributed by atoms with Crippen LogP contribution in [-0.2, 0) is 9.59 Å². The smallest absolute Gasteiger partial charge is 0.300 e. The first-order chi connectivity index (χ1) is 16.2. The van der Waals surface area contributed by atoms with Crippen molar-refractivity contribution in [1.82, 2.24) is 0 Å². The average Bonchev–Trinajstić information content (AvgIpc) is 3.05. The molecule has 3 aromatic carbocycles. The van der Waals surface area contributed by atoms with E-state index in [4.69, 9.17) is 27.9 Å². The largest absolute Gasteiger partial charge is 0.507 e. The predicted molar refractivity (Wildman–Crippen MR) is 130 cm³/mol. The van der Waals surface area contributed by atoms with Crippen molar-refractivity contribution in [2.45, 2.75) is 26.0 Å². The second-order valence-electron chi connectivity index (χ2n) is 8.02. The van der Waals surface area contributed by atoms with E-state index >= 15 is 0 Å². The molecule has 1 aliphatic heterocycles. The highest BCUT2D eigenvalue weighted by molar-refractivity contribution is 6.51. The number of amides is 1. The third kappa shape index (κ3) is 4.52. The summed E-state index contributed by atoms with van der Waals surface area (Å²) in [6.45, 7) is 3.72. The molecule has 174 valence electrons. The lowest BCUT2D eigenvalue weighted by molar-refractivity contribution is -0.132. The highest BCUT2D eigenvalue weighted by Gasteiger charge is 2.47. The van der Waals surface area contributed by atoms with Gasteiger partial charge in [-0.2, -0.15) is 0 Å². The molecule has 0 aliphatic carbocycles. The van der Waals surface area contributed by atoms with E-state index in [1.54, 1.807) is 30.3 Å². The Kier molecular flexibility index (Phi) is 6.64. The summed E-state index contributed by atoms with van der Waals surface area (Å²) < 4.78 is 19.7. The van der Waals surface area contributed by atoms with Gasteiger partial charge in [0.25, 0.3) is 11.7 Å². The van der Waals surface area contributed by atoms with E-state index in [1.807, 2.05) is 13.8 Å². The molecule has 1 atom stereocenters. The van der Waals surface area contributed by atoms with Gasteiger partial charge in [0.1, 0.15) is 17.3 Å². The van der Waals surface area contributed by atoms with Gasteiger partial charge in [0, 0.05) is 11.3 Å². The summed E-state index contributed by atoms with van der Waals surface area (Å²) in [4.78, 5) is 27.5. The first kappa shape index (κ1) is 23.8. The van der Waals surface area contributed by atoms with Gasteiger partial charge in [0.15, 0.2) is 0 Å². The van der Waals surface area contributed by atoms with Crippen molar-refractivity contribution in [1.29, 1.82) is 0 Å². The Hall–Kier alpha value is -3.35. The fraction of sp³-hybridized carbons (Fsp3) is 0.154. The zero-order valence-corrected chi connectivity index (χ0v) is 19.8. The van der Waals surface area contributed by atoms with E-state index in [-0.39, 0.29) is 33.2 Å². The van der Waals surface area contributed by atoms with Gasteiger partial charge in [0.05, 0.1) is 27.8 Å². The Labute approximate surface area is 206 Å². The van der Waals surface area contributed by atoms with Gasteiger partial charge in [0.2, 0.25) is 0 Å². The Bertz CT molecular complexity index is 1320. The van der Waals surface area contributed by atoms with Crippen LogP contribution in [0.5, 0.6) is 5.75 Å². The summed E-state index contributed by atoms with van der Waals surface area (Å²) in [6.07, 6.45) is -0.104. The van der Waals surface area contributed by atoms with Crippen LogP contribution in [0.4, 0.5) is 10.1 Å². The highest BCUT2D eigenvalue weighted by Crippen LogP contribution is 2.43. The fourth-order valence-corrected chi connectivity index (χ4v) is 4.17. The Balaban J connectivity index is 1.93. The maximum absolute atomic E-state index is 14.0. The maximum Gasteiger partial charge on any atom is 0.300 e. The third-order valence-electron chi connectivity index (χ3n) is 5.27. The molecule has 1 fully saturated rings. The minimum absolute atomic E-state index is 0.104. The monoisotopic (exact) mass is 499 g/mol. The quantitative estimate of drug-likeness (QED) is 0.245. The summed E-state index contributed by atoms with van der Waals surface area (Å²) in [7, 11) is 0. The van der Waals surface area contributed by atoms with Gasteiger partial charge in [-0.15, -0.1) is 0 Å². The van der Waals surface area contributed by atoms with E-state index < -0.39 is 23.5 Å². The second kappa shape index (κ2) is 9.49. The molecule has 0 radical (unpaired) electrons. The lowest BCUT2D eigenvalue weighted by atomic mass is 9.95. The first-order valence-electron chi connectivity index (χ1n) is 10.5. The molecular formula is C26H20Cl2FNO4. The molecule has 1 amide bonds. The Morgan fingerprint density at radius 2 is 1.74 bits per heavy atom. The van der Waals surface area contributed by atoms with Crippen LogP contribution >= 0.6 is 23.2 Å². The number of ether oxygens (including phenoxy) is 1. The molecule has 1 heterocycles. The lowest BCUT2D eigenvalue weighted by Gasteiger charge is -2.25. The molecule has 0 bridgehead atoms. The van der Waals surface area contributed by atoms with Crippen LogP contribution in [0, 0.1) is 5.82 Å². The number of hydrogen-bond acceptors (Lipinski definition) is 4. The number of carbonyl (C=O) groups is 2. The van der Waals surface area contributed by atoms with Crippen LogP contribution in [0.25, 0.3) is 5.76 Å². The molecule has 8 heteroatoms. The van der Waals surface area contributed by atoms with Crippen LogP contribution < -0.4 is 9.64 Å². The summed E-state index contributed by atoms with van der Waals surface area (Å²) in [5, 5.41) is 11.7. The lowest BCUT2D eigenvalue weighted by Crippen LogP contribution is -2.29. The van der Waals surface area contributed by atoms with Crippen molar-refractivity contribution in [2.75, 3.05) is 4.90 Å². The molecule has 1 unspecified atom stereocenters. The highest BCUT2D eigenvalue weighted by atomic mass is 35.5. The summed E-state index contributed by atoms with van der Waals surface area (Å²) in [5.41, 5.74) is 0.720. The van der Waals surface area contributed by atoms with Crippen LogP contribution in [0.2, 0.25) is 10.0 Å². The van der Waals surface area contributed by atoms with Gasteiger partial charge < -0.3 is 9.84 Å². The molecule has 1 aliphatic rings. The van der Waals surface area contributed by atoms with Crippen molar-refractivity contribution in [2.24, 2.45) is 0 Å². The van der Waals surface area contributed by atoms with Gasteiger partial charge >= 0.3 is 0 Å². The van der Waals surface area contributed by atoms with E-state index in [0.717, 1.165) is 11.0 Å². The summed E-state index contributed by atoms with van der Waals surface area (Å²) in [5.74, 6) is -2.29. The Morgan fingerprint density at radius 3 is 2.41 bits per heavy atom. The number of halogens is 3. The van der Waals surface area contributed by atoms with Crippen molar-refractivity contribution < 1.29 is 23.8 Å².